The predicted molar refractivity (Wildman–Crippen MR) is 76.0 cm³/mol. The second-order valence-corrected chi connectivity index (χ2v) is 6.57. The molecule has 0 radical (unpaired) electrons. The summed E-state index contributed by atoms with van der Waals surface area (Å²) in [6.45, 7) is 7.66. The number of aryl methyl sites for hydroxylation is 1. The summed E-state index contributed by atoms with van der Waals surface area (Å²) in [5, 5.41) is 18.2. The fraction of sp³-hybridized carbons (Fsp3) is 0.727. The molecule has 7 nitrogen and oxygen atoms in total. The van der Waals surface area contributed by atoms with Gasteiger partial charge in [-0.15, -0.1) is 0 Å². The first kappa shape index (κ1) is 15.6. The number of anilines is 1. The molecule has 0 aliphatic heterocycles. The van der Waals surface area contributed by atoms with Crippen molar-refractivity contribution in [1.29, 1.82) is 0 Å². The van der Waals surface area contributed by atoms with Gasteiger partial charge in [0.1, 0.15) is 5.69 Å². The van der Waals surface area contributed by atoms with Gasteiger partial charge in [0, 0.05) is 34.9 Å². The van der Waals surface area contributed by atoms with E-state index in [-0.39, 0.29) is 17.0 Å². The van der Waals surface area contributed by atoms with Crippen LogP contribution >= 0.6 is 0 Å². The van der Waals surface area contributed by atoms with Crippen molar-refractivity contribution in [2.45, 2.75) is 39.0 Å². The Morgan fingerprint density at radius 2 is 2.05 bits per heavy atom. The highest BCUT2D eigenvalue weighted by atomic mass is 32.2. The van der Waals surface area contributed by atoms with Gasteiger partial charge in [-0.1, -0.05) is 0 Å². The van der Waals surface area contributed by atoms with Crippen LogP contribution in [0.15, 0.2) is 0 Å². The van der Waals surface area contributed by atoms with E-state index >= 15 is 0 Å². The molecule has 1 rings (SSSR count). The molecule has 0 bridgehead atoms. The zero-order chi connectivity index (χ0) is 14.7. The maximum absolute atomic E-state index is 11.3. The average Bonchev–Trinajstić information content (AvgIpc) is 2.62. The molecule has 108 valence electrons. The van der Waals surface area contributed by atoms with Gasteiger partial charge in [-0.25, -0.2) is 4.68 Å². The van der Waals surface area contributed by atoms with Crippen LogP contribution in [0.5, 0.6) is 0 Å². The molecule has 0 aliphatic rings. The van der Waals surface area contributed by atoms with Gasteiger partial charge >= 0.3 is 5.69 Å². The smallest absolute Gasteiger partial charge is 0.333 e. The van der Waals surface area contributed by atoms with Gasteiger partial charge in [-0.3, -0.25) is 14.3 Å². The quantitative estimate of drug-likeness (QED) is 0.637. The van der Waals surface area contributed by atoms with Gasteiger partial charge in [0.05, 0.1) is 4.92 Å². The second kappa shape index (κ2) is 6.14. The SMILES string of the molecule is Cc1nn(C(C)C)c(NCC(C)S(C)=O)c1[N+](=O)[O-]. The number of nitrogens with one attached hydrogen (secondary N) is 1. The third-order valence-corrected chi connectivity index (χ3v) is 4.15. The Morgan fingerprint density at radius 3 is 2.47 bits per heavy atom. The third-order valence-electron chi connectivity index (χ3n) is 2.85. The van der Waals surface area contributed by atoms with Crippen molar-refractivity contribution in [2.24, 2.45) is 0 Å². The lowest BCUT2D eigenvalue weighted by Gasteiger charge is -2.14. The summed E-state index contributed by atoms with van der Waals surface area (Å²) in [6.07, 6.45) is 1.62. The number of hydrogen-bond acceptors (Lipinski definition) is 5. The lowest BCUT2D eigenvalue weighted by molar-refractivity contribution is -0.384. The Labute approximate surface area is 115 Å². The zero-order valence-corrected chi connectivity index (χ0v) is 12.7. The molecule has 0 fully saturated rings. The molecule has 19 heavy (non-hydrogen) atoms. The van der Waals surface area contributed by atoms with Crippen LogP contribution in [0.25, 0.3) is 0 Å². The lowest BCUT2D eigenvalue weighted by Crippen LogP contribution is -2.22. The van der Waals surface area contributed by atoms with E-state index in [0.29, 0.717) is 18.1 Å². The molecule has 1 heterocycles. The number of rotatable bonds is 6. The van der Waals surface area contributed by atoms with Crippen molar-refractivity contribution in [3.63, 3.8) is 0 Å². The van der Waals surface area contributed by atoms with Crippen molar-refractivity contribution in [1.82, 2.24) is 9.78 Å². The van der Waals surface area contributed by atoms with Crippen LogP contribution in [0.4, 0.5) is 11.5 Å². The summed E-state index contributed by atoms with van der Waals surface area (Å²) in [5.74, 6) is 0.384. The van der Waals surface area contributed by atoms with Crippen LogP contribution in [-0.2, 0) is 10.8 Å². The van der Waals surface area contributed by atoms with E-state index in [1.165, 1.54) is 0 Å². The summed E-state index contributed by atoms with van der Waals surface area (Å²) >= 11 is 0. The van der Waals surface area contributed by atoms with Crippen LogP contribution in [0.2, 0.25) is 0 Å². The highest BCUT2D eigenvalue weighted by Crippen LogP contribution is 2.30. The summed E-state index contributed by atoms with van der Waals surface area (Å²) in [7, 11) is -0.974. The van der Waals surface area contributed by atoms with Crippen LogP contribution in [-0.4, -0.2) is 37.0 Å². The lowest BCUT2D eigenvalue weighted by atomic mass is 10.3. The van der Waals surface area contributed by atoms with Crippen LogP contribution in [0, 0.1) is 17.0 Å². The van der Waals surface area contributed by atoms with E-state index in [4.69, 9.17) is 0 Å². The van der Waals surface area contributed by atoms with Crippen LogP contribution in [0.1, 0.15) is 32.5 Å². The average molecular weight is 288 g/mol. The fourth-order valence-electron chi connectivity index (χ4n) is 1.65. The fourth-order valence-corrected chi connectivity index (χ4v) is 1.97. The first-order chi connectivity index (χ1) is 8.75. The largest absolute Gasteiger partial charge is 0.363 e. The van der Waals surface area contributed by atoms with Gasteiger partial charge < -0.3 is 5.32 Å². The molecule has 2 unspecified atom stereocenters. The number of nitro groups is 1. The minimum absolute atomic E-state index is 0.0113. The molecule has 8 heteroatoms. The molecule has 0 amide bonds. The third kappa shape index (κ3) is 3.52. The molecular formula is C11H20N4O3S. The van der Waals surface area contributed by atoms with E-state index in [1.807, 2.05) is 20.8 Å². The summed E-state index contributed by atoms with van der Waals surface area (Å²) in [4.78, 5) is 10.7. The first-order valence-electron chi connectivity index (χ1n) is 6.05. The van der Waals surface area contributed by atoms with Crippen molar-refractivity contribution in [3.8, 4) is 0 Å². The minimum atomic E-state index is -0.974. The highest BCUT2D eigenvalue weighted by Gasteiger charge is 2.26. The van der Waals surface area contributed by atoms with E-state index < -0.39 is 15.7 Å². The summed E-state index contributed by atoms with van der Waals surface area (Å²) in [5.41, 5.74) is 0.370. The standard InChI is InChI=1S/C11H20N4O3S/c1-7(2)14-11(12-6-8(3)19(5)18)10(15(16)17)9(4)13-14/h7-8,12H,6H2,1-5H3. The first-order valence-corrected chi connectivity index (χ1v) is 7.67. The van der Waals surface area contributed by atoms with Gasteiger partial charge in [0.15, 0.2) is 0 Å². The topological polar surface area (TPSA) is 90.1 Å². The van der Waals surface area contributed by atoms with Crippen LogP contribution < -0.4 is 5.32 Å². The maximum atomic E-state index is 11.3. The molecular weight excluding hydrogens is 268 g/mol. The predicted octanol–water partition coefficient (Wildman–Crippen LogP) is 1.86. The van der Waals surface area contributed by atoms with Gasteiger partial charge in [-0.2, -0.15) is 5.10 Å². The number of aromatic nitrogens is 2. The molecule has 1 N–H and O–H groups in total. The Morgan fingerprint density at radius 1 is 1.47 bits per heavy atom. The van der Waals surface area contributed by atoms with Gasteiger partial charge in [-0.05, 0) is 27.7 Å². The van der Waals surface area contributed by atoms with E-state index in [9.17, 15) is 14.3 Å². The molecule has 1 aromatic heterocycles. The van der Waals surface area contributed by atoms with E-state index in [0.717, 1.165) is 0 Å². The van der Waals surface area contributed by atoms with Crippen molar-refractivity contribution in [2.75, 3.05) is 18.1 Å². The normalized spacial score (nSPS) is 14.4. The minimum Gasteiger partial charge on any atom is -0.363 e. The molecule has 0 saturated heterocycles. The van der Waals surface area contributed by atoms with E-state index in [1.54, 1.807) is 17.9 Å². The van der Waals surface area contributed by atoms with Gasteiger partial charge in [0.25, 0.3) is 0 Å². The van der Waals surface area contributed by atoms with Crippen molar-refractivity contribution in [3.05, 3.63) is 15.8 Å². The van der Waals surface area contributed by atoms with E-state index in [2.05, 4.69) is 10.4 Å². The Hall–Kier alpha value is -1.44. The molecule has 0 spiro atoms. The Balaban J connectivity index is 3.09. The maximum Gasteiger partial charge on any atom is 0.333 e. The molecule has 0 aliphatic carbocycles. The zero-order valence-electron chi connectivity index (χ0n) is 11.8. The molecule has 1 aromatic rings. The monoisotopic (exact) mass is 288 g/mol. The van der Waals surface area contributed by atoms with Crippen molar-refractivity contribution >= 4 is 22.3 Å². The highest BCUT2D eigenvalue weighted by molar-refractivity contribution is 7.84. The number of hydrogen-bond donors (Lipinski definition) is 1. The van der Waals surface area contributed by atoms with Crippen molar-refractivity contribution < 1.29 is 9.13 Å². The Kier molecular flexibility index (Phi) is 5.04. The van der Waals surface area contributed by atoms with Gasteiger partial charge in [0.2, 0.25) is 5.82 Å². The Bertz CT molecular complexity index is 498. The molecule has 2 atom stereocenters. The summed E-state index contributed by atoms with van der Waals surface area (Å²) in [6, 6.07) is 0.0114. The number of nitrogens with zero attached hydrogens (tertiary/aromatic N) is 3. The van der Waals surface area contributed by atoms with Crippen LogP contribution in [0.3, 0.4) is 0 Å². The summed E-state index contributed by atoms with van der Waals surface area (Å²) < 4.78 is 12.9. The molecule has 0 saturated carbocycles. The molecule has 0 aromatic carbocycles. The second-order valence-electron chi connectivity index (χ2n) is 4.77.